The summed E-state index contributed by atoms with van der Waals surface area (Å²) in [6.07, 6.45) is -0.950. The van der Waals surface area contributed by atoms with Gasteiger partial charge in [-0.3, -0.25) is 14.4 Å². The summed E-state index contributed by atoms with van der Waals surface area (Å²) >= 11 is 0. The highest BCUT2D eigenvalue weighted by atomic mass is 16.7. The van der Waals surface area contributed by atoms with E-state index in [1.165, 1.54) is 4.90 Å². The van der Waals surface area contributed by atoms with Crippen LogP contribution >= 0.6 is 0 Å². The number of benzene rings is 4. The van der Waals surface area contributed by atoms with Crippen molar-refractivity contribution < 1.29 is 24.0 Å². The first-order valence-corrected chi connectivity index (χ1v) is 11.9. The highest BCUT2D eigenvalue weighted by molar-refractivity contribution is 6.23. The molecule has 2 fully saturated rings. The third-order valence-electron chi connectivity index (χ3n) is 6.58. The number of carbonyl (C=O) groups is 3. The van der Waals surface area contributed by atoms with Gasteiger partial charge in [-0.15, -0.1) is 0 Å². The van der Waals surface area contributed by atoms with Crippen molar-refractivity contribution in [1.29, 1.82) is 0 Å². The molecular formula is C30H22N2O5. The third-order valence-corrected chi connectivity index (χ3v) is 6.58. The van der Waals surface area contributed by atoms with Crippen molar-refractivity contribution in [2.75, 3.05) is 9.96 Å². The van der Waals surface area contributed by atoms with Gasteiger partial charge in [0.15, 0.2) is 6.10 Å². The van der Waals surface area contributed by atoms with Gasteiger partial charge in [0.25, 0.3) is 5.91 Å². The van der Waals surface area contributed by atoms with Gasteiger partial charge in [0.05, 0.1) is 23.0 Å². The lowest BCUT2D eigenvalue weighted by atomic mass is 9.90. The molecule has 2 aliphatic rings. The molecule has 0 aromatic heterocycles. The number of fused-ring (bicyclic) bond motifs is 1. The zero-order valence-electron chi connectivity index (χ0n) is 19.6. The Balaban J connectivity index is 1.33. The maximum absolute atomic E-state index is 13.7. The van der Waals surface area contributed by atoms with Crippen molar-refractivity contribution >= 4 is 29.2 Å². The predicted octanol–water partition coefficient (Wildman–Crippen LogP) is 4.96. The van der Waals surface area contributed by atoms with E-state index in [0.717, 1.165) is 11.3 Å². The Kier molecular flexibility index (Phi) is 5.75. The van der Waals surface area contributed by atoms with E-state index < -0.39 is 29.9 Å². The summed E-state index contributed by atoms with van der Waals surface area (Å²) in [5, 5.41) is 1.64. The van der Waals surface area contributed by atoms with Crippen LogP contribution in [0.25, 0.3) is 0 Å². The smallest absolute Gasteiger partial charge is 0.343 e. The number of carbonyl (C=O) groups excluding carboxylic acids is 3. The van der Waals surface area contributed by atoms with Crippen LogP contribution in [0.5, 0.6) is 5.75 Å². The van der Waals surface area contributed by atoms with Gasteiger partial charge in [-0.05, 0) is 54.1 Å². The molecule has 0 aliphatic carbocycles. The number of hydrogen-bond acceptors (Lipinski definition) is 6. The molecule has 6 rings (SSSR count). The minimum absolute atomic E-state index is 0.316. The Morgan fingerprint density at radius 3 is 1.86 bits per heavy atom. The van der Waals surface area contributed by atoms with Gasteiger partial charge in [0, 0.05) is 0 Å². The molecule has 0 spiro atoms. The first-order valence-electron chi connectivity index (χ1n) is 11.9. The summed E-state index contributed by atoms with van der Waals surface area (Å²) < 4.78 is 5.52. The predicted molar refractivity (Wildman–Crippen MR) is 137 cm³/mol. The molecule has 3 atom stereocenters. The summed E-state index contributed by atoms with van der Waals surface area (Å²) in [6.45, 7) is 0. The number of ether oxygens (including phenoxy) is 1. The van der Waals surface area contributed by atoms with Gasteiger partial charge in [0.2, 0.25) is 5.91 Å². The molecule has 2 aliphatic heterocycles. The number of nitrogens with zero attached hydrogens (tertiary/aromatic N) is 2. The van der Waals surface area contributed by atoms with Gasteiger partial charge in [-0.1, -0.05) is 66.7 Å². The zero-order valence-corrected chi connectivity index (χ0v) is 19.6. The topological polar surface area (TPSA) is 76.2 Å². The number of amides is 2. The second kappa shape index (κ2) is 9.37. The lowest BCUT2D eigenvalue weighted by Gasteiger charge is -2.28. The number of hydroxylamine groups is 1. The highest BCUT2D eigenvalue weighted by Gasteiger charge is 2.60. The SMILES string of the molecule is O=C(Oc1ccc([C@H]2[C@@H]3C(=O)N(c4ccccc4)C(=O)[C@H]3ON2c2ccccc2)cc1)c1ccccc1. The van der Waals surface area contributed by atoms with E-state index >= 15 is 0 Å². The molecule has 0 radical (unpaired) electrons. The van der Waals surface area contributed by atoms with Gasteiger partial charge in [-0.2, -0.15) is 0 Å². The summed E-state index contributed by atoms with van der Waals surface area (Å²) in [5.74, 6) is -1.54. The summed E-state index contributed by atoms with van der Waals surface area (Å²) in [6, 6.07) is 33.4. The maximum atomic E-state index is 13.7. The second-order valence-electron chi connectivity index (χ2n) is 8.83. The molecule has 2 amide bonds. The fourth-order valence-corrected chi connectivity index (χ4v) is 4.86. The van der Waals surface area contributed by atoms with Crippen molar-refractivity contribution in [3.63, 3.8) is 0 Å². The van der Waals surface area contributed by atoms with Crippen LogP contribution in [-0.2, 0) is 14.4 Å². The fraction of sp³-hybridized carbons (Fsp3) is 0.100. The molecule has 7 nitrogen and oxygen atoms in total. The average Bonchev–Trinajstić information content (AvgIpc) is 3.46. The maximum Gasteiger partial charge on any atom is 0.343 e. The Hall–Kier alpha value is -4.75. The third kappa shape index (κ3) is 4.05. The van der Waals surface area contributed by atoms with E-state index in [1.807, 2.05) is 42.5 Å². The molecule has 182 valence electrons. The van der Waals surface area contributed by atoms with Crippen molar-refractivity contribution in [3.05, 3.63) is 126 Å². The van der Waals surface area contributed by atoms with Crippen LogP contribution in [-0.4, -0.2) is 23.9 Å². The van der Waals surface area contributed by atoms with Crippen LogP contribution in [0.15, 0.2) is 115 Å². The number of rotatable bonds is 5. The van der Waals surface area contributed by atoms with E-state index in [-0.39, 0.29) is 5.91 Å². The van der Waals surface area contributed by atoms with Gasteiger partial charge in [0.1, 0.15) is 11.7 Å². The van der Waals surface area contributed by atoms with Gasteiger partial charge >= 0.3 is 5.97 Å². The number of imide groups is 1. The molecule has 4 aromatic rings. The lowest BCUT2D eigenvalue weighted by Crippen LogP contribution is -2.37. The van der Waals surface area contributed by atoms with Crippen molar-refractivity contribution in [2.24, 2.45) is 5.92 Å². The Morgan fingerprint density at radius 1 is 0.676 bits per heavy atom. The van der Waals surface area contributed by atoms with Crippen molar-refractivity contribution in [3.8, 4) is 5.75 Å². The van der Waals surface area contributed by atoms with Gasteiger partial charge in [-0.25, -0.2) is 14.8 Å². The van der Waals surface area contributed by atoms with E-state index in [1.54, 1.807) is 77.9 Å². The minimum atomic E-state index is -0.950. The first kappa shape index (κ1) is 22.7. The molecule has 2 saturated heterocycles. The zero-order chi connectivity index (χ0) is 25.4. The molecule has 4 aromatic carbocycles. The van der Waals surface area contributed by atoms with Crippen LogP contribution in [0, 0.1) is 5.92 Å². The Labute approximate surface area is 213 Å². The van der Waals surface area contributed by atoms with E-state index in [0.29, 0.717) is 17.0 Å². The summed E-state index contributed by atoms with van der Waals surface area (Å²) in [4.78, 5) is 46.8. The van der Waals surface area contributed by atoms with Crippen LogP contribution in [0.4, 0.5) is 11.4 Å². The summed E-state index contributed by atoms with van der Waals surface area (Å²) in [5.41, 5.74) is 2.45. The molecule has 7 heteroatoms. The van der Waals surface area contributed by atoms with Gasteiger partial charge < -0.3 is 4.74 Å². The van der Waals surface area contributed by atoms with Crippen LogP contribution in [0.1, 0.15) is 22.0 Å². The number of hydrogen-bond donors (Lipinski definition) is 0. The molecule has 0 N–H and O–H groups in total. The fourth-order valence-electron chi connectivity index (χ4n) is 4.86. The largest absolute Gasteiger partial charge is 0.423 e. The standard InChI is InChI=1S/C30H22N2O5/c33-28-25-26(20-16-18-24(19-17-20)36-30(35)21-10-4-1-5-11-21)32(23-14-8-3-9-15-23)37-27(25)29(34)31(28)22-12-6-2-7-13-22/h1-19,25-27H/t25-,26-,27-/m0/s1. The number of para-hydroxylation sites is 2. The normalized spacial score (nSPS) is 20.7. The first-order chi connectivity index (χ1) is 18.1. The van der Waals surface area contributed by atoms with E-state index in [4.69, 9.17) is 9.57 Å². The number of anilines is 2. The molecule has 2 heterocycles. The van der Waals surface area contributed by atoms with E-state index in [2.05, 4.69) is 0 Å². The monoisotopic (exact) mass is 490 g/mol. The quantitative estimate of drug-likeness (QED) is 0.224. The molecule has 0 saturated carbocycles. The molecule has 0 bridgehead atoms. The average molecular weight is 491 g/mol. The van der Waals surface area contributed by atoms with E-state index in [9.17, 15) is 14.4 Å². The number of esters is 1. The van der Waals surface area contributed by atoms with Crippen LogP contribution in [0.3, 0.4) is 0 Å². The summed E-state index contributed by atoms with van der Waals surface area (Å²) in [7, 11) is 0. The second-order valence-corrected chi connectivity index (χ2v) is 8.83. The highest BCUT2D eigenvalue weighted by Crippen LogP contribution is 2.47. The lowest BCUT2D eigenvalue weighted by molar-refractivity contribution is -0.126. The minimum Gasteiger partial charge on any atom is -0.423 e. The molecular weight excluding hydrogens is 468 g/mol. The van der Waals surface area contributed by atoms with Crippen molar-refractivity contribution in [2.45, 2.75) is 12.1 Å². The molecule has 0 unspecified atom stereocenters. The van der Waals surface area contributed by atoms with Crippen LogP contribution < -0.4 is 14.7 Å². The Morgan fingerprint density at radius 2 is 1.24 bits per heavy atom. The van der Waals surface area contributed by atoms with Crippen LogP contribution in [0.2, 0.25) is 0 Å². The Bertz CT molecular complexity index is 1440. The molecule has 37 heavy (non-hydrogen) atoms. The van der Waals surface area contributed by atoms with Crippen molar-refractivity contribution in [1.82, 2.24) is 0 Å².